The molecule has 0 aliphatic heterocycles. The third-order valence-electron chi connectivity index (χ3n) is 10.9. The Morgan fingerprint density at radius 1 is 0.759 bits per heavy atom. The van der Waals surface area contributed by atoms with Gasteiger partial charge in [-0.3, -0.25) is 0 Å². The third-order valence-corrected chi connectivity index (χ3v) is 10.9. The number of fused-ring (bicyclic) bond motifs is 5. The maximum Gasteiger partial charge on any atom is 0.0832 e. The van der Waals surface area contributed by atoms with Gasteiger partial charge in [-0.2, -0.15) is 0 Å². The molecule has 0 amide bonds. The fourth-order valence-electron chi connectivity index (χ4n) is 9.34. The van der Waals surface area contributed by atoms with Crippen LogP contribution in [0.1, 0.15) is 105 Å². The summed E-state index contributed by atoms with van der Waals surface area (Å²) in [6, 6.07) is 0. The normalized spacial score (nSPS) is 50.7. The van der Waals surface area contributed by atoms with Gasteiger partial charge in [-0.15, -0.1) is 0 Å². The van der Waals surface area contributed by atoms with Crippen molar-refractivity contribution in [1.29, 1.82) is 0 Å². The van der Waals surface area contributed by atoms with Gasteiger partial charge in [0.05, 0.1) is 12.2 Å². The summed E-state index contributed by atoms with van der Waals surface area (Å²) in [4.78, 5) is 0. The highest BCUT2D eigenvalue weighted by Gasteiger charge is 2.61. The lowest BCUT2D eigenvalue weighted by Gasteiger charge is -2.62. The highest BCUT2D eigenvalue weighted by Crippen LogP contribution is 2.68. The van der Waals surface area contributed by atoms with Gasteiger partial charge in [-0.05, 0) is 104 Å². The Kier molecular flexibility index (Phi) is 6.19. The zero-order chi connectivity index (χ0) is 21.0. The summed E-state index contributed by atoms with van der Waals surface area (Å²) in [5.74, 6) is 5.50. The molecular weight excluding hydrogens is 356 g/mol. The van der Waals surface area contributed by atoms with Gasteiger partial charge in [-0.25, -0.2) is 0 Å². The Bertz CT molecular complexity index is 573. The number of rotatable bonds is 5. The molecule has 4 aliphatic rings. The lowest BCUT2D eigenvalue weighted by atomic mass is 9.44. The fourth-order valence-corrected chi connectivity index (χ4v) is 9.34. The van der Waals surface area contributed by atoms with E-state index in [1.807, 2.05) is 0 Å². The standard InChI is InChI=1S/C27H48O2/c1-17(2)7-6-8-18(3)20-11-12-21-19-9-10-23-25(29)24(28)14-16-27(23,5)22(19)13-15-26(20,21)4/h17-25,28-29H,6-16H2,1-5H3/t18-,19?,20?,21?,22?,23+,24?,25+,26?,27?/m1/s1. The molecule has 0 spiro atoms. The number of hydrogen-bond acceptors (Lipinski definition) is 2. The quantitative estimate of drug-likeness (QED) is 0.553. The molecule has 4 rings (SSSR count). The molecule has 0 saturated heterocycles. The molecule has 0 aromatic rings. The summed E-state index contributed by atoms with van der Waals surface area (Å²) >= 11 is 0. The minimum atomic E-state index is -0.486. The Morgan fingerprint density at radius 3 is 2.14 bits per heavy atom. The second-order valence-corrected chi connectivity index (χ2v) is 12.7. The molecule has 29 heavy (non-hydrogen) atoms. The summed E-state index contributed by atoms with van der Waals surface area (Å²) in [6.07, 6.45) is 13.3. The van der Waals surface area contributed by atoms with Crippen LogP contribution in [0.15, 0.2) is 0 Å². The average Bonchev–Trinajstić information content (AvgIpc) is 3.02. The van der Waals surface area contributed by atoms with Crippen LogP contribution in [0, 0.1) is 52.3 Å². The van der Waals surface area contributed by atoms with Crippen LogP contribution in [-0.2, 0) is 0 Å². The largest absolute Gasteiger partial charge is 0.390 e. The van der Waals surface area contributed by atoms with Crippen LogP contribution in [0.4, 0.5) is 0 Å². The summed E-state index contributed by atoms with van der Waals surface area (Å²) < 4.78 is 0. The highest BCUT2D eigenvalue weighted by molar-refractivity contribution is 5.11. The van der Waals surface area contributed by atoms with E-state index in [1.165, 1.54) is 51.4 Å². The topological polar surface area (TPSA) is 40.5 Å². The number of aliphatic hydroxyl groups excluding tert-OH is 2. The molecule has 2 heteroatoms. The third kappa shape index (κ3) is 3.63. The summed E-state index contributed by atoms with van der Waals surface area (Å²) in [6.45, 7) is 12.4. The van der Waals surface area contributed by atoms with Crippen molar-refractivity contribution in [3.63, 3.8) is 0 Å². The van der Waals surface area contributed by atoms with E-state index in [0.717, 1.165) is 54.8 Å². The molecule has 10 atom stereocenters. The lowest BCUT2D eigenvalue weighted by Crippen LogP contribution is -2.58. The van der Waals surface area contributed by atoms with E-state index in [9.17, 15) is 10.2 Å². The molecule has 0 bridgehead atoms. The van der Waals surface area contributed by atoms with Crippen molar-refractivity contribution in [2.24, 2.45) is 52.3 Å². The van der Waals surface area contributed by atoms with Crippen LogP contribution in [0.3, 0.4) is 0 Å². The van der Waals surface area contributed by atoms with Crippen LogP contribution in [-0.4, -0.2) is 22.4 Å². The molecule has 168 valence electrons. The van der Waals surface area contributed by atoms with E-state index in [4.69, 9.17) is 0 Å². The van der Waals surface area contributed by atoms with Crippen molar-refractivity contribution in [2.75, 3.05) is 0 Å². The Morgan fingerprint density at radius 2 is 1.41 bits per heavy atom. The van der Waals surface area contributed by atoms with Gasteiger partial charge >= 0.3 is 0 Å². The van der Waals surface area contributed by atoms with Crippen LogP contribution in [0.5, 0.6) is 0 Å². The summed E-state index contributed by atoms with van der Waals surface area (Å²) in [5, 5.41) is 21.0. The summed E-state index contributed by atoms with van der Waals surface area (Å²) in [5.41, 5.74) is 0.804. The van der Waals surface area contributed by atoms with Gasteiger partial charge in [0.15, 0.2) is 0 Å². The monoisotopic (exact) mass is 404 g/mol. The number of hydrogen-bond donors (Lipinski definition) is 2. The Hall–Kier alpha value is -0.0800. The molecule has 0 aromatic heterocycles. The van der Waals surface area contributed by atoms with Crippen molar-refractivity contribution in [1.82, 2.24) is 0 Å². The molecular formula is C27H48O2. The van der Waals surface area contributed by atoms with Crippen LogP contribution in [0.2, 0.25) is 0 Å². The predicted molar refractivity (Wildman–Crippen MR) is 120 cm³/mol. The van der Waals surface area contributed by atoms with E-state index >= 15 is 0 Å². The first kappa shape index (κ1) is 22.1. The molecule has 4 fully saturated rings. The minimum Gasteiger partial charge on any atom is -0.390 e. The van der Waals surface area contributed by atoms with Crippen molar-refractivity contribution >= 4 is 0 Å². The minimum absolute atomic E-state index is 0.254. The smallest absolute Gasteiger partial charge is 0.0832 e. The first-order valence-corrected chi connectivity index (χ1v) is 13.0. The van der Waals surface area contributed by atoms with Gasteiger partial charge in [0.1, 0.15) is 0 Å². The van der Waals surface area contributed by atoms with E-state index in [0.29, 0.717) is 11.3 Å². The fraction of sp³-hybridized carbons (Fsp3) is 1.00. The molecule has 2 N–H and O–H groups in total. The first-order chi connectivity index (χ1) is 13.7. The summed E-state index contributed by atoms with van der Waals surface area (Å²) in [7, 11) is 0. The number of aliphatic hydroxyl groups is 2. The van der Waals surface area contributed by atoms with Crippen molar-refractivity contribution in [2.45, 2.75) is 117 Å². The van der Waals surface area contributed by atoms with Crippen molar-refractivity contribution < 1.29 is 10.2 Å². The van der Waals surface area contributed by atoms with Gasteiger partial charge < -0.3 is 10.2 Å². The van der Waals surface area contributed by atoms with E-state index in [2.05, 4.69) is 34.6 Å². The van der Waals surface area contributed by atoms with E-state index in [-0.39, 0.29) is 5.41 Å². The van der Waals surface area contributed by atoms with Gasteiger partial charge in [0.2, 0.25) is 0 Å². The average molecular weight is 405 g/mol. The van der Waals surface area contributed by atoms with Gasteiger partial charge in [0.25, 0.3) is 0 Å². The zero-order valence-electron chi connectivity index (χ0n) is 19.9. The highest BCUT2D eigenvalue weighted by atomic mass is 16.3. The molecule has 0 aromatic carbocycles. The Labute approximate surface area is 180 Å². The first-order valence-electron chi connectivity index (χ1n) is 13.0. The lowest BCUT2D eigenvalue weighted by molar-refractivity contribution is -0.174. The van der Waals surface area contributed by atoms with Gasteiger partial charge in [0, 0.05) is 0 Å². The van der Waals surface area contributed by atoms with E-state index < -0.39 is 12.2 Å². The van der Waals surface area contributed by atoms with Crippen molar-refractivity contribution in [3.05, 3.63) is 0 Å². The van der Waals surface area contributed by atoms with Gasteiger partial charge in [-0.1, -0.05) is 53.9 Å². The zero-order valence-corrected chi connectivity index (χ0v) is 19.9. The van der Waals surface area contributed by atoms with Crippen LogP contribution in [0.25, 0.3) is 0 Å². The SMILES string of the molecule is CC(C)CCC[C@@H](C)C1CCC2C3CC[C@H]4[C@H](O)C(O)CCC4(C)C3CCC21C. The molecule has 2 nitrogen and oxygen atoms in total. The maximum absolute atomic E-state index is 10.8. The predicted octanol–water partition coefficient (Wildman–Crippen LogP) is 6.44. The molecule has 4 aliphatic carbocycles. The second-order valence-electron chi connectivity index (χ2n) is 12.7. The van der Waals surface area contributed by atoms with Crippen LogP contribution < -0.4 is 0 Å². The van der Waals surface area contributed by atoms with Crippen LogP contribution >= 0.6 is 0 Å². The molecule has 0 radical (unpaired) electrons. The van der Waals surface area contributed by atoms with E-state index in [1.54, 1.807) is 0 Å². The Balaban J connectivity index is 1.48. The van der Waals surface area contributed by atoms with Crippen molar-refractivity contribution in [3.8, 4) is 0 Å². The second kappa shape index (κ2) is 8.12. The molecule has 7 unspecified atom stereocenters. The molecule has 0 heterocycles. The maximum atomic E-state index is 10.8. The molecule has 4 saturated carbocycles.